The molecule has 1 N–H and O–H groups in total. The summed E-state index contributed by atoms with van der Waals surface area (Å²) in [7, 11) is 0. The molecular weight excluding hydrogens is 256 g/mol. The lowest BCUT2D eigenvalue weighted by Gasteiger charge is -2.56. The molecule has 2 heteroatoms. The van der Waals surface area contributed by atoms with Crippen LogP contribution in [0.1, 0.15) is 81.4 Å². The summed E-state index contributed by atoms with van der Waals surface area (Å²) < 4.78 is 0. The van der Waals surface area contributed by atoms with E-state index in [1.165, 1.54) is 62.2 Å². The maximum Gasteiger partial charge on any atom is 0.107 e. The van der Waals surface area contributed by atoms with Crippen LogP contribution >= 0.6 is 0 Å². The number of aromatic amines is 1. The Bertz CT molecular complexity index is 521. The van der Waals surface area contributed by atoms with Gasteiger partial charge in [-0.3, -0.25) is 0 Å². The van der Waals surface area contributed by atoms with Gasteiger partial charge in [-0.15, -0.1) is 0 Å². The second kappa shape index (κ2) is 4.36. The van der Waals surface area contributed by atoms with E-state index in [0.717, 1.165) is 17.8 Å². The Hall–Kier alpha value is -0.790. The van der Waals surface area contributed by atoms with Crippen LogP contribution in [0.5, 0.6) is 0 Å². The van der Waals surface area contributed by atoms with Crippen molar-refractivity contribution in [3.05, 3.63) is 17.2 Å². The molecule has 5 aliphatic rings. The second-order valence-electron chi connectivity index (χ2n) is 8.93. The molecule has 2 nitrogen and oxygen atoms in total. The van der Waals surface area contributed by atoms with Gasteiger partial charge in [0.05, 0.1) is 5.69 Å². The third kappa shape index (κ3) is 2.01. The van der Waals surface area contributed by atoms with E-state index in [9.17, 15) is 0 Å². The van der Waals surface area contributed by atoms with E-state index < -0.39 is 0 Å². The van der Waals surface area contributed by atoms with Crippen molar-refractivity contribution >= 4 is 0 Å². The fourth-order valence-electron chi connectivity index (χ4n) is 6.74. The van der Waals surface area contributed by atoms with Crippen molar-refractivity contribution in [2.75, 3.05) is 0 Å². The number of imidazole rings is 1. The molecule has 0 spiro atoms. The predicted octanol–water partition coefficient (Wildman–Crippen LogP) is 4.61. The first kappa shape index (κ1) is 12.7. The average Bonchev–Trinajstić information content (AvgIpc) is 2.80. The zero-order chi connectivity index (χ0) is 14.0. The molecule has 114 valence electrons. The third-order valence-corrected chi connectivity index (χ3v) is 7.10. The number of hydrogen-bond donors (Lipinski definition) is 1. The fourth-order valence-corrected chi connectivity index (χ4v) is 6.74. The van der Waals surface area contributed by atoms with E-state index in [1.54, 1.807) is 19.3 Å². The molecular formula is C19H28N2. The minimum atomic E-state index is 0.623. The van der Waals surface area contributed by atoms with Crippen LogP contribution in [0.4, 0.5) is 0 Å². The Morgan fingerprint density at radius 1 is 1.10 bits per heavy atom. The van der Waals surface area contributed by atoms with Crippen LogP contribution in [0.3, 0.4) is 0 Å². The summed E-state index contributed by atoms with van der Waals surface area (Å²) in [6.07, 6.45) is 14.3. The number of hydrogen-bond acceptors (Lipinski definition) is 1. The smallest absolute Gasteiger partial charge is 0.107 e. The van der Waals surface area contributed by atoms with Crippen molar-refractivity contribution in [3.8, 4) is 0 Å². The Morgan fingerprint density at radius 3 is 2.38 bits per heavy atom. The van der Waals surface area contributed by atoms with Gasteiger partial charge >= 0.3 is 0 Å². The van der Waals surface area contributed by atoms with Crippen molar-refractivity contribution in [3.63, 3.8) is 0 Å². The first-order valence-corrected chi connectivity index (χ1v) is 9.27. The molecule has 0 aromatic carbocycles. The summed E-state index contributed by atoms with van der Waals surface area (Å²) in [5, 5.41) is 0. The van der Waals surface area contributed by atoms with Crippen molar-refractivity contribution in [1.29, 1.82) is 0 Å². The van der Waals surface area contributed by atoms with Crippen molar-refractivity contribution < 1.29 is 0 Å². The first-order chi connectivity index (χ1) is 10.2. The highest BCUT2D eigenvalue weighted by Gasteiger charge is 2.51. The Balaban J connectivity index is 1.42. The summed E-state index contributed by atoms with van der Waals surface area (Å²) in [5.74, 6) is 5.17. The molecule has 0 aliphatic heterocycles. The van der Waals surface area contributed by atoms with Crippen LogP contribution in [0.25, 0.3) is 0 Å². The van der Waals surface area contributed by atoms with Crippen molar-refractivity contribution in [2.45, 2.75) is 77.0 Å². The maximum atomic E-state index is 5.05. The van der Waals surface area contributed by atoms with Gasteiger partial charge in [0, 0.05) is 18.0 Å². The summed E-state index contributed by atoms with van der Waals surface area (Å²) in [6, 6.07) is 0. The number of H-pyrrole nitrogens is 1. The highest BCUT2D eigenvalue weighted by molar-refractivity contribution is 5.22. The van der Waals surface area contributed by atoms with Gasteiger partial charge in [0.1, 0.15) is 5.82 Å². The molecule has 1 aromatic rings. The Kier molecular flexibility index (Phi) is 2.64. The standard InChI is InChI=1S/C19H28N2/c1-12-3-2-4-16-18(12)21-17(20-16)11-19-8-13-5-14(9-19)7-15(6-13)10-19/h12-15H,2-11H2,1H3,(H,20,21). The summed E-state index contributed by atoms with van der Waals surface area (Å²) in [5.41, 5.74) is 3.49. The highest BCUT2D eigenvalue weighted by atomic mass is 14.9. The molecule has 1 unspecified atom stereocenters. The lowest BCUT2D eigenvalue weighted by Crippen LogP contribution is -2.47. The third-order valence-electron chi connectivity index (χ3n) is 7.10. The lowest BCUT2D eigenvalue weighted by molar-refractivity contribution is -0.0531. The zero-order valence-electron chi connectivity index (χ0n) is 13.3. The topological polar surface area (TPSA) is 28.7 Å². The van der Waals surface area contributed by atoms with Gasteiger partial charge in [-0.05, 0) is 81.0 Å². The molecule has 1 heterocycles. The summed E-state index contributed by atoms with van der Waals surface area (Å²) >= 11 is 0. The normalized spacial score (nSPS) is 44.0. The second-order valence-corrected chi connectivity index (χ2v) is 8.93. The van der Waals surface area contributed by atoms with E-state index in [0.29, 0.717) is 11.3 Å². The van der Waals surface area contributed by atoms with Crippen LogP contribution in [0, 0.1) is 23.2 Å². The number of nitrogens with zero attached hydrogens (tertiary/aromatic N) is 1. The maximum absolute atomic E-state index is 5.05. The minimum Gasteiger partial charge on any atom is -0.346 e. The van der Waals surface area contributed by atoms with E-state index in [-0.39, 0.29) is 0 Å². The lowest BCUT2D eigenvalue weighted by atomic mass is 9.49. The summed E-state index contributed by atoms with van der Waals surface area (Å²) in [6.45, 7) is 2.35. The summed E-state index contributed by atoms with van der Waals surface area (Å²) in [4.78, 5) is 8.78. The number of nitrogens with one attached hydrogen (secondary N) is 1. The first-order valence-electron chi connectivity index (χ1n) is 9.27. The minimum absolute atomic E-state index is 0.623. The van der Waals surface area contributed by atoms with Gasteiger partial charge < -0.3 is 4.98 Å². The van der Waals surface area contributed by atoms with Crippen LogP contribution in [-0.4, -0.2) is 9.97 Å². The predicted molar refractivity (Wildman–Crippen MR) is 84.2 cm³/mol. The highest BCUT2D eigenvalue weighted by Crippen LogP contribution is 2.60. The van der Waals surface area contributed by atoms with Crippen molar-refractivity contribution in [2.24, 2.45) is 23.2 Å². The van der Waals surface area contributed by atoms with Gasteiger partial charge in [0.25, 0.3) is 0 Å². The molecule has 5 aliphatic carbocycles. The van der Waals surface area contributed by atoms with Gasteiger partial charge in [0.2, 0.25) is 0 Å². The molecule has 1 aromatic heterocycles. The van der Waals surface area contributed by atoms with E-state index in [4.69, 9.17) is 4.98 Å². The van der Waals surface area contributed by atoms with Gasteiger partial charge in [-0.25, -0.2) is 4.98 Å². The van der Waals surface area contributed by atoms with Crippen LogP contribution in [-0.2, 0) is 12.8 Å². The number of rotatable bonds is 2. The number of aromatic nitrogens is 2. The molecule has 4 bridgehead atoms. The monoisotopic (exact) mass is 284 g/mol. The molecule has 21 heavy (non-hydrogen) atoms. The molecule has 0 radical (unpaired) electrons. The number of fused-ring (bicyclic) bond motifs is 1. The molecule has 1 atom stereocenters. The largest absolute Gasteiger partial charge is 0.346 e. The SMILES string of the molecule is CC1CCCc2[nH]c(CC34CC5CC(CC(C5)C3)C4)nc21. The zero-order valence-corrected chi connectivity index (χ0v) is 13.3. The Morgan fingerprint density at radius 2 is 1.76 bits per heavy atom. The molecule has 4 fully saturated rings. The van der Waals surface area contributed by atoms with Gasteiger partial charge in [-0.1, -0.05) is 6.92 Å². The fraction of sp³-hybridized carbons (Fsp3) is 0.842. The molecule has 4 saturated carbocycles. The van der Waals surface area contributed by atoms with E-state index in [2.05, 4.69) is 11.9 Å². The van der Waals surface area contributed by atoms with Crippen LogP contribution in [0.15, 0.2) is 0 Å². The molecule has 0 amide bonds. The van der Waals surface area contributed by atoms with Crippen LogP contribution in [0.2, 0.25) is 0 Å². The Labute approximate surface area is 128 Å². The molecule has 6 rings (SSSR count). The molecule has 0 saturated heterocycles. The van der Waals surface area contributed by atoms with Gasteiger partial charge in [0.15, 0.2) is 0 Å². The van der Waals surface area contributed by atoms with E-state index in [1.807, 2.05) is 0 Å². The van der Waals surface area contributed by atoms with E-state index >= 15 is 0 Å². The van der Waals surface area contributed by atoms with Crippen molar-refractivity contribution in [1.82, 2.24) is 9.97 Å². The van der Waals surface area contributed by atoms with Gasteiger partial charge in [-0.2, -0.15) is 0 Å². The number of aryl methyl sites for hydroxylation is 1. The van der Waals surface area contributed by atoms with Crippen LogP contribution < -0.4 is 0 Å². The quantitative estimate of drug-likeness (QED) is 0.844. The average molecular weight is 284 g/mol.